The van der Waals surface area contributed by atoms with E-state index < -0.39 is 10.0 Å². The van der Waals surface area contributed by atoms with Crippen LogP contribution in [0.25, 0.3) is 0 Å². The SMILES string of the molecule is CCCc1ccc(S(=O)(=O)NCc2ccc(OC)cc2)cc1. The summed E-state index contributed by atoms with van der Waals surface area (Å²) in [6.45, 7) is 2.35. The van der Waals surface area contributed by atoms with Gasteiger partial charge < -0.3 is 4.74 Å². The monoisotopic (exact) mass is 319 g/mol. The zero-order valence-electron chi connectivity index (χ0n) is 12.9. The molecule has 0 spiro atoms. The van der Waals surface area contributed by atoms with Crippen LogP contribution in [0.15, 0.2) is 53.4 Å². The van der Waals surface area contributed by atoms with Gasteiger partial charge in [0.25, 0.3) is 0 Å². The molecule has 0 saturated heterocycles. The summed E-state index contributed by atoms with van der Waals surface area (Å²) in [4.78, 5) is 0.292. The van der Waals surface area contributed by atoms with Crippen LogP contribution >= 0.6 is 0 Å². The van der Waals surface area contributed by atoms with Crippen molar-refractivity contribution in [3.05, 3.63) is 59.7 Å². The molecule has 0 aromatic heterocycles. The third-order valence-electron chi connectivity index (χ3n) is 3.40. The summed E-state index contributed by atoms with van der Waals surface area (Å²) < 4.78 is 32.2. The summed E-state index contributed by atoms with van der Waals surface area (Å²) in [5.41, 5.74) is 2.03. The minimum Gasteiger partial charge on any atom is -0.497 e. The van der Waals surface area contributed by atoms with Crippen LogP contribution in [0.1, 0.15) is 24.5 Å². The first-order valence-corrected chi connectivity index (χ1v) is 8.75. The van der Waals surface area contributed by atoms with Crippen LogP contribution in [0.4, 0.5) is 0 Å². The molecule has 0 aliphatic rings. The molecule has 0 fully saturated rings. The lowest BCUT2D eigenvalue weighted by Crippen LogP contribution is -2.23. The molecule has 0 heterocycles. The second kappa shape index (κ2) is 7.42. The van der Waals surface area contributed by atoms with E-state index in [-0.39, 0.29) is 6.54 Å². The molecule has 4 nitrogen and oxygen atoms in total. The summed E-state index contributed by atoms with van der Waals surface area (Å²) in [7, 11) is -1.89. The molecular weight excluding hydrogens is 298 g/mol. The van der Waals surface area contributed by atoms with Crippen LogP contribution < -0.4 is 9.46 Å². The van der Waals surface area contributed by atoms with Gasteiger partial charge in [-0.15, -0.1) is 0 Å². The maximum Gasteiger partial charge on any atom is 0.240 e. The van der Waals surface area contributed by atoms with Gasteiger partial charge in [0.1, 0.15) is 5.75 Å². The van der Waals surface area contributed by atoms with E-state index in [0.717, 1.165) is 29.7 Å². The molecule has 0 amide bonds. The van der Waals surface area contributed by atoms with E-state index in [4.69, 9.17) is 4.74 Å². The van der Waals surface area contributed by atoms with Crippen molar-refractivity contribution in [3.8, 4) is 5.75 Å². The quantitative estimate of drug-likeness (QED) is 0.853. The topological polar surface area (TPSA) is 55.4 Å². The normalized spacial score (nSPS) is 11.4. The lowest BCUT2D eigenvalue weighted by atomic mass is 10.1. The first-order chi connectivity index (χ1) is 10.5. The molecule has 22 heavy (non-hydrogen) atoms. The van der Waals surface area contributed by atoms with Crippen molar-refractivity contribution in [2.24, 2.45) is 0 Å². The molecule has 0 saturated carbocycles. The number of hydrogen-bond acceptors (Lipinski definition) is 3. The molecule has 0 aliphatic carbocycles. The molecule has 1 N–H and O–H groups in total. The van der Waals surface area contributed by atoms with Gasteiger partial charge in [0, 0.05) is 6.54 Å². The van der Waals surface area contributed by atoms with E-state index in [1.807, 2.05) is 36.4 Å². The number of methoxy groups -OCH3 is 1. The average Bonchev–Trinajstić information content (AvgIpc) is 2.54. The van der Waals surface area contributed by atoms with E-state index in [2.05, 4.69) is 11.6 Å². The van der Waals surface area contributed by atoms with Crippen molar-refractivity contribution in [3.63, 3.8) is 0 Å². The smallest absolute Gasteiger partial charge is 0.240 e. The minimum atomic E-state index is -3.49. The van der Waals surface area contributed by atoms with Gasteiger partial charge in [-0.2, -0.15) is 0 Å². The highest BCUT2D eigenvalue weighted by Gasteiger charge is 2.13. The largest absolute Gasteiger partial charge is 0.497 e. The molecular formula is C17H21NO3S. The Labute approximate surface area is 132 Å². The van der Waals surface area contributed by atoms with E-state index >= 15 is 0 Å². The average molecular weight is 319 g/mol. The van der Waals surface area contributed by atoms with E-state index in [9.17, 15) is 8.42 Å². The second-order valence-electron chi connectivity index (χ2n) is 5.07. The lowest BCUT2D eigenvalue weighted by Gasteiger charge is -2.08. The highest BCUT2D eigenvalue weighted by molar-refractivity contribution is 7.89. The van der Waals surface area contributed by atoms with E-state index in [1.165, 1.54) is 0 Å². The van der Waals surface area contributed by atoms with Crippen molar-refractivity contribution >= 4 is 10.0 Å². The van der Waals surface area contributed by atoms with Crippen molar-refractivity contribution in [2.75, 3.05) is 7.11 Å². The van der Waals surface area contributed by atoms with E-state index in [0.29, 0.717) is 4.90 Å². The van der Waals surface area contributed by atoms with Crippen molar-refractivity contribution in [1.82, 2.24) is 4.72 Å². The summed E-state index contributed by atoms with van der Waals surface area (Å²) >= 11 is 0. The number of nitrogens with one attached hydrogen (secondary N) is 1. The number of aryl methyl sites for hydroxylation is 1. The molecule has 0 radical (unpaired) electrons. The lowest BCUT2D eigenvalue weighted by molar-refractivity contribution is 0.414. The molecule has 0 unspecified atom stereocenters. The third kappa shape index (κ3) is 4.32. The van der Waals surface area contributed by atoms with Gasteiger partial charge in [0.15, 0.2) is 0 Å². The Morgan fingerprint density at radius 1 is 0.955 bits per heavy atom. The molecule has 5 heteroatoms. The van der Waals surface area contributed by atoms with Crippen molar-refractivity contribution in [1.29, 1.82) is 0 Å². The Hall–Kier alpha value is -1.85. The predicted octanol–water partition coefficient (Wildman–Crippen LogP) is 3.13. The highest BCUT2D eigenvalue weighted by Crippen LogP contribution is 2.14. The molecule has 2 aromatic carbocycles. The van der Waals surface area contributed by atoms with Crippen molar-refractivity contribution < 1.29 is 13.2 Å². The number of rotatable bonds is 7. The summed E-state index contributed by atoms with van der Waals surface area (Å²) in [6, 6.07) is 14.3. The number of sulfonamides is 1. The molecule has 0 bridgehead atoms. The van der Waals surface area contributed by atoms with Crippen LogP contribution in [-0.2, 0) is 23.0 Å². The Morgan fingerprint density at radius 2 is 1.55 bits per heavy atom. The van der Waals surface area contributed by atoms with Gasteiger partial charge in [-0.3, -0.25) is 0 Å². The Morgan fingerprint density at radius 3 is 2.09 bits per heavy atom. The molecule has 0 aliphatic heterocycles. The van der Waals surface area contributed by atoms with Gasteiger partial charge in [-0.05, 0) is 41.8 Å². The van der Waals surface area contributed by atoms with Crippen molar-refractivity contribution in [2.45, 2.75) is 31.2 Å². The van der Waals surface area contributed by atoms with Gasteiger partial charge >= 0.3 is 0 Å². The fourth-order valence-electron chi connectivity index (χ4n) is 2.13. The maximum absolute atomic E-state index is 12.3. The van der Waals surface area contributed by atoms with E-state index in [1.54, 1.807) is 19.2 Å². The first kappa shape index (κ1) is 16.5. The number of benzene rings is 2. The number of hydrogen-bond donors (Lipinski definition) is 1. The standard InChI is InChI=1S/C17H21NO3S/c1-3-4-14-7-11-17(12-8-14)22(19,20)18-13-15-5-9-16(21-2)10-6-15/h5-12,18H,3-4,13H2,1-2H3. The summed E-state index contributed by atoms with van der Waals surface area (Å²) in [6.07, 6.45) is 2.00. The molecule has 2 aromatic rings. The molecule has 2 rings (SSSR count). The van der Waals surface area contributed by atoms with Crippen LogP contribution in [0.5, 0.6) is 5.75 Å². The Bertz CT molecular complexity index is 692. The van der Waals surface area contributed by atoms with Crippen LogP contribution in [-0.4, -0.2) is 15.5 Å². The van der Waals surface area contributed by atoms with Crippen LogP contribution in [0, 0.1) is 0 Å². The van der Waals surface area contributed by atoms with Gasteiger partial charge in [-0.1, -0.05) is 37.6 Å². The highest BCUT2D eigenvalue weighted by atomic mass is 32.2. The second-order valence-corrected chi connectivity index (χ2v) is 6.83. The minimum absolute atomic E-state index is 0.253. The van der Waals surface area contributed by atoms with Gasteiger partial charge in [0.05, 0.1) is 12.0 Å². The summed E-state index contributed by atoms with van der Waals surface area (Å²) in [5, 5.41) is 0. The van der Waals surface area contributed by atoms with Crippen LogP contribution in [0.3, 0.4) is 0 Å². The van der Waals surface area contributed by atoms with Gasteiger partial charge in [0.2, 0.25) is 10.0 Å². The van der Waals surface area contributed by atoms with Gasteiger partial charge in [-0.25, -0.2) is 13.1 Å². The first-order valence-electron chi connectivity index (χ1n) is 7.26. The molecule has 118 valence electrons. The zero-order chi connectivity index (χ0) is 16.0. The summed E-state index contributed by atoms with van der Waals surface area (Å²) in [5.74, 6) is 0.748. The third-order valence-corrected chi connectivity index (χ3v) is 4.81. The maximum atomic E-state index is 12.3. The van der Waals surface area contributed by atoms with Crippen LogP contribution in [0.2, 0.25) is 0 Å². The molecule has 0 atom stereocenters. The number of ether oxygens (including phenoxy) is 1. The zero-order valence-corrected chi connectivity index (χ0v) is 13.7. The fourth-order valence-corrected chi connectivity index (χ4v) is 3.15. The fraction of sp³-hybridized carbons (Fsp3) is 0.294. The predicted molar refractivity (Wildman–Crippen MR) is 87.5 cm³/mol. The Balaban J connectivity index is 2.03. The Kier molecular flexibility index (Phi) is 5.57.